The third kappa shape index (κ3) is 3.22. The van der Waals surface area contributed by atoms with Gasteiger partial charge in [0, 0.05) is 18.3 Å². The Balaban J connectivity index is 1.83. The van der Waals surface area contributed by atoms with E-state index in [0.29, 0.717) is 16.9 Å². The molecule has 2 aromatic heterocycles. The summed E-state index contributed by atoms with van der Waals surface area (Å²) in [6.45, 7) is 1.49. The number of thiophene rings is 1. The Hall–Kier alpha value is -2.73. The summed E-state index contributed by atoms with van der Waals surface area (Å²) in [5.74, 6) is -0.344. The lowest BCUT2D eigenvalue weighted by atomic mass is 10.1. The van der Waals surface area contributed by atoms with Crippen LogP contribution in [0.25, 0.3) is 10.6 Å². The van der Waals surface area contributed by atoms with Crippen molar-refractivity contribution in [3.63, 3.8) is 0 Å². The van der Waals surface area contributed by atoms with E-state index >= 15 is 0 Å². The lowest BCUT2D eigenvalue weighted by molar-refractivity contribution is 0.100. The van der Waals surface area contributed by atoms with Gasteiger partial charge < -0.3 is 5.32 Å². The maximum atomic E-state index is 12.4. The number of benzene rings is 1. The predicted molar refractivity (Wildman–Crippen MR) is 90.9 cm³/mol. The van der Waals surface area contributed by atoms with Gasteiger partial charge in [0.25, 0.3) is 5.91 Å². The summed E-state index contributed by atoms with van der Waals surface area (Å²) in [5, 5.41) is 9.02. The summed E-state index contributed by atoms with van der Waals surface area (Å²) in [6.07, 6.45) is 0. The Morgan fingerprint density at radius 3 is 2.70 bits per heavy atom. The molecule has 0 atom stereocenters. The van der Waals surface area contributed by atoms with Crippen molar-refractivity contribution >= 4 is 28.7 Å². The van der Waals surface area contributed by atoms with Gasteiger partial charge in [-0.25, -0.2) is 0 Å². The van der Waals surface area contributed by atoms with Gasteiger partial charge in [-0.05, 0) is 36.6 Å². The maximum absolute atomic E-state index is 12.4. The lowest BCUT2D eigenvalue weighted by Gasteiger charge is -2.04. The summed E-state index contributed by atoms with van der Waals surface area (Å²) in [7, 11) is 1.81. The molecule has 0 fully saturated rings. The number of ketones is 1. The monoisotopic (exact) mass is 325 g/mol. The lowest BCUT2D eigenvalue weighted by Crippen LogP contribution is -2.13. The van der Waals surface area contributed by atoms with E-state index in [9.17, 15) is 9.59 Å². The van der Waals surface area contributed by atoms with E-state index in [-0.39, 0.29) is 11.7 Å². The predicted octanol–water partition coefficient (Wildman–Crippen LogP) is 3.60. The molecular formula is C17H15N3O2S. The molecule has 1 aromatic carbocycles. The molecule has 0 spiro atoms. The third-order valence-electron chi connectivity index (χ3n) is 3.41. The summed E-state index contributed by atoms with van der Waals surface area (Å²) in [4.78, 5) is 24.8. The van der Waals surface area contributed by atoms with E-state index in [4.69, 9.17) is 0 Å². The first-order chi connectivity index (χ1) is 11.0. The number of amides is 1. The van der Waals surface area contributed by atoms with Gasteiger partial charge in [-0.1, -0.05) is 18.2 Å². The SMILES string of the molecule is CC(=O)c1cccc(NC(=O)c2cc(-c3cccs3)n(C)n2)c1. The molecule has 6 heteroatoms. The van der Waals surface area contributed by atoms with Crippen LogP contribution in [0.15, 0.2) is 47.8 Å². The highest BCUT2D eigenvalue weighted by molar-refractivity contribution is 7.13. The molecule has 0 aliphatic carbocycles. The second kappa shape index (κ2) is 6.18. The van der Waals surface area contributed by atoms with Crippen LogP contribution in [0.5, 0.6) is 0 Å². The molecule has 2 heterocycles. The van der Waals surface area contributed by atoms with Crippen molar-refractivity contribution in [3.8, 4) is 10.6 Å². The molecule has 3 rings (SSSR count). The highest BCUT2D eigenvalue weighted by Gasteiger charge is 2.15. The molecule has 5 nitrogen and oxygen atoms in total. The normalized spacial score (nSPS) is 10.5. The van der Waals surface area contributed by atoms with Gasteiger partial charge in [0.2, 0.25) is 0 Å². The first kappa shape index (κ1) is 15.2. The molecule has 0 aliphatic heterocycles. The Bertz CT molecular complexity index is 866. The van der Waals surface area contributed by atoms with E-state index in [0.717, 1.165) is 10.6 Å². The molecule has 1 N–H and O–H groups in total. The minimum Gasteiger partial charge on any atom is -0.321 e. The van der Waals surface area contributed by atoms with E-state index in [1.807, 2.05) is 24.6 Å². The van der Waals surface area contributed by atoms with Crippen LogP contribution in [0.2, 0.25) is 0 Å². The number of hydrogen-bond acceptors (Lipinski definition) is 4. The smallest absolute Gasteiger partial charge is 0.276 e. The Morgan fingerprint density at radius 1 is 1.17 bits per heavy atom. The number of aromatic nitrogens is 2. The molecule has 0 saturated carbocycles. The van der Waals surface area contributed by atoms with Crippen LogP contribution in [-0.2, 0) is 7.05 Å². The fraction of sp³-hybridized carbons (Fsp3) is 0.118. The first-order valence-corrected chi connectivity index (χ1v) is 7.93. The third-order valence-corrected chi connectivity index (χ3v) is 4.31. The molecule has 1 amide bonds. The Labute approximate surface area is 137 Å². The average Bonchev–Trinajstić information content (AvgIpc) is 3.16. The van der Waals surface area contributed by atoms with E-state index in [1.54, 1.807) is 46.4 Å². The van der Waals surface area contributed by atoms with Crippen molar-refractivity contribution in [1.82, 2.24) is 9.78 Å². The van der Waals surface area contributed by atoms with Crippen molar-refractivity contribution in [2.75, 3.05) is 5.32 Å². The summed E-state index contributed by atoms with van der Waals surface area (Å²) >= 11 is 1.59. The molecular weight excluding hydrogens is 310 g/mol. The minimum atomic E-state index is -0.302. The average molecular weight is 325 g/mol. The second-order valence-electron chi connectivity index (χ2n) is 5.11. The van der Waals surface area contributed by atoms with Crippen LogP contribution in [0.3, 0.4) is 0 Å². The van der Waals surface area contributed by atoms with Crippen LogP contribution in [0.1, 0.15) is 27.8 Å². The number of nitrogens with zero attached hydrogens (tertiary/aromatic N) is 2. The summed E-state index contributed by atoms with van der Waals surface area (Å²) < 4.78 is 1.69. The van der Waals surface area contributed by atoms with Gasteiger partial charge in [0.15, 0.2) is 11.5 Å². The van der Waals surface area contributed by atoms with Crippen LogP contribution in [0.4, 0.5) is 5.69 Å². The van der Waals surface area contributed by atoms with E-state index in [1.165, 1.54) is 6.92 Å². The highest BCUT2D eigenvalue weighted by Crippen LogP contribution is 2.25. The van der Waals surface area contributed by atoms with Crippen molar-refractivity contribution in [2.24, 2.45) is 7.05 Å². The number of rotatable bonds is 4. The fourth-order valence-corrected chi connectivity index (χ4v) is 3.02. The van der Waals surface area contributed by atoms with Gasteiger partial charge in [0.1, 0.15) is 0 Å². The fourth-order valence-electron chi connectivity index (χ4n) is 2.24. The minimum absolute atomic E-state index is 0.0427. The zero-order valence-corrected chi connectivity index (χ0v) is 13.6. The van der Waals surface area contributed by atoms with Gasteiger partial charge in [-0.15, -0.1) is 11.3 Å². The number of hydrogen-bond donors (Lipinski definition) is 1. The highest BCUT2D eigenvalue weighted by atomic mass is 32.1. The quantitative estimate of drug-likeness (QED) is 0.745. The number of Topliss-reactive ketones (excluding diaryl/α,β-unsaturated/α-hetero) is 1. The molecule has 0 radical (unpaired) electrons. The van der Waals surface area contributed by atoms with Crippen LogP contribution in [-0.4, -0.2) is 21.5 Å². The molecule has 0 saturated heterocycles. The van der Waals surface area contributed by atoms with Crippen LogP contribution >= 0.6 is 11.3 Å². The van der Waals surface area contributed by atoms with Gasteiger partial charge in [0.05, 0.1) is 10.6 Å². The number of nitrogens with one attached hydrogen (secondary N) is 1. The molecule has 116 valence electrons. The van der Waals surface area contributed by atoms with E-state index in [2.05, 4.69) is 10.4 Å². The van der Waals surface area contributed by atoms with Crippen LogP contribution < -0.4 is 5.32 Å². The van der Waals surface area contributed by atoms with E-state index < -0.39 is 0 Å². The number of carbonyl (C=O) groups excluding carboxylic acids is 2. The maximum Gasteiger partial charge on any atom is 0.276 e. The van der Waals surface area contributed by atoms with Crippen LogP contribution in [0, 0.1) is 0 Å². The largest absolute Gasteiger partial charge is 0.321 e. The molecule has 3 aromatic rings. The molecule has 0 bridgehead atoms. The Morgan fingerprint density at radius 2 is 2.00 bits per heavy atom. The number of aryl methyl sites for hydroxylation is 1. The van der Waals surface area contributed by atoms with Gasteiger partial charge >= 0.3 is 0 Å². The molecule has 0 unspecified atom stereocenters. The zero-order chi connectivity index (χ0) is 16.4. The number of anilines is 1. The second-order valence-corrected chi connectivity index (χ2v) is 6.05. The van der Waals surface area contributed by atoms with Gasteiger partial charge in [-0.3, -0.25) is 14.3 Å². The molecule has 0 aliphatic rings. The standard InChI is InChI=1S/C17H15N3O2S/c1-11(21)12-5-3-6-13(9-12)18-17(22)14-10-15(20(2)19-14)16-7-4-8-23-16/h3-10H,1-2H3,(H,18,22). The Kier molecular flexibility index (Phi) is 4.08. The van der Waals surface area contributed by atoms with Crippen molar-refractivity contribution in [2.45, 2.75) is 6.92 Å². The topological polar surface area (TPSA) is 64.0 Å². The van der Waals surface area contributed by atoms with Gasteiger partial charge in [-0.2, -0.15) is 5.10 Å². The summed E-state index contributed by atoms with van der Waals surface area (Å²) in [6, 6.07) is 12.6. The number of carbonyl (C=O) groups is 2. The summed E-state index contributed by atoms with van der Waals surface area (Å²) in [5.41, 5.74) is 2.36. The van der Waals surface area contributed by atoms with Crippen molar-refractivity contribution in [1.29, 1.82) is 0 Å². The van der Waals surface area contributed by atoms with Crippen molar-refractivity contribution in [3.05, 3.63) is 59.1 Å². The molecule has 23 heavy (non-hydrogen) atoms. The zero-order valence-electron chi connectivity index (χ0n) is 12.7. The first-order valence-electron chi connectivity index (χ1n) is 7.05. The van der Waals surface area contributed by atoms with Crippen molar-refractivity contribution < 1.29 is 9.59 Å².